The maximum absolute atomic E-state index is 3.75. The Labute approximate surface area is 307 Å². The number of anilines is 2. The Morgan fingerprint density at radius 2 is 1.38 bits per heavy atom. The third-order valence-corrected chi connectivity index (χ3v) is 12.1. The molecule has 0 saturated carbocycles. The van der Waals surface area contributed by atoms with Gasteiger partial charge in [0.1, 0.15) is 5.52 Å². The number of aromatic nitrogens is 1. The summed E-state index contributed by atoms with van der Waals surface area (Å²) in [6, 6.07) is 62.7. The van der Waals surface area contributed by atoms with Crippen molar-refractivity contribution in [2.45, 2.75) is 19.3 Å². The molecule has 0 aliphatic heterocycles. The van der Waals surface area contributed by atoms with Gasteiger partial charge in [0.2, 0.25) is 0 Å². The number of allylic oxidation sites excluding steroid dienone is 1. The van der Waals surface area contributed by atoms with E-state index >= 15 is 0 Å². The highest BCUT2D eigenvalue weighted by Crippen LogP contribution is 2.50. The Balaban J connectivity index is 1.21. The first-order valence-corrected chi connectivity index (χ1v) is 18.9. The van der Waals surface area contributed by atoms with E-state index in [1.807, 2.05) is 11.3 Å². The molecule has 2 heterocycles. The maximum atomic E-state index is 3.75. The molecule has 244 valence electrons. The molecular weight excluding hydrogens is 649 g/mol. The number of para-hydroxylation sites is 1. The number of benzene rings is 6. The van der Waals surface area contributed by atoms with Crippen molar-refractivity contribution < 1.29 is 0 Å². The molecular formula is C49H32N2S. The largest absolute Gasteiger partial charge is 0.302 e. The Morgan fingerprint density at radius 1 is 0.596 bits per heavy atom. The average molecular weight is 681 g/mol. The molecule has 0 spiro atoms. The van der Waals surface area contributed by atoms with Gasteiger partial charge in [0.05, 0.1) is 22.6 Å². The van der Waals surface area contributed by atoms with Gasteiger partial charge in [-0.1, -0.05) is 115 Å². The summed E-state index contributed by atoms with van der Waals surface area (Å²) in [5.74, 6) is 0. The molecule has 0 radical (unpaired) electrons. The first-order valence-electron chi connectivity index (χ1n) is 18.0. The van der Waals surface area contributed by atoms with Crippen LogP contribution in [0.2, 0.25) is 0 Å². The summed E-state index contributed by atoms with van der Waals surface area (Å²) in [7, 11) is 0. The lowest BCUT2D eigenvalue weighted by atomic mass is 9.95. The molecule has 9 aromatic rings. The monoisotopic (exact) mass is 680 g/mol. The number of hydrogen-bond acceptors (Lipinski definition) is 2. The van der Waals surface area contributed by atoms with E-state index in [1.54, 1.807) is 0 Å². The molecule has 7 aromatic carbocycles. The van der Waals surface area contributed by atoms with Gasteiger partial charge in [0, 0.05) is 42.6 Å². The number of hydrogen-bond donors (Lipinski definition) is 0. The zero-order valence-corrected chi connectivity index (χ0v) is 29.3. The van der Waals surface area contributed by atoms with Crippen molar-refractivity contribution in [1.29, 1.82) is 0 Å². The standard InChI is InChI=1S/C49H32N2S/c1-3-13-32(14-4-1)33-25-27-42-40(30-33)41-31-37(26-28-43(41)50(42)36-17-5-2-6-18-36)51(44-21-11-16-35-29-34-15-7-8-19-38(34)48(35)44)45-22-12-24-47-49(45)39-20-9-10-23-46(39)52-47/h1-11,13-23,25,27,30-31H,12,24,29H2. The number of rotatable bonds is 5. The summed E-state index contributed by atoms with van der Waals surface area (Å²) in [5.41, 5.74) is 15.9. The lowest BCUT2D eigenvalue weighted by Crippen LogP contribution is -2.18. The fourth-order valence-electron chi connectivity index (χ4n) is 8.60. The maximum Gasteiger partial charge on any atom is 0.106 e. The lowest BCUT2D eigenvalue weighted by Gasteiger charge is -2.31. The molecule has 0 amide bonds. The predicted molar refractivity (Wildman–Crippen MR) is 219 cm³/mol. The minimum atomic E-state index is 0.945. The second-order valence-corrected chi connectivity index (χ2v) is 15.0. The van der Waals surface area contributed by atoms with E-state index in [0.717, 1.165) is 47.1 Å². The normalized spacial score (nSPS) is 13.1. The second kappa shape index (κ2) is 11.6. The first-order chi connectivity index (χ1) is 25.8. The zero-order chi connectivity index (χ0) is 34.2. The smallest absolute Gasteiger partial charge is 0.106 e. The van der Waals surface area contributed by atoms with Crippen LogP contribution in [-0.2, 0) is 12.8 Å². The van der Waals surface area contributed by atoms with Crippen LogP contribution in [0.4, 0.5) is 11.4 Å². The van der Waals surface area contributed by atoms with Crippen LogP contribution in [0.15, 0.2) is 158 Å². The summed E-state index contributed by atoms with van der Waals surface area (Å²) in [4.78, 5) is 3.95. The van der Waals surface area contributed by atoms with E-state index in [2.05, 4.69) is 179 Å². The van der Waals surface area contributed by atoms with E-state index in [1.165, 1.54) is 70.7 Å². The van der Waals surface area contributed by atoms with Gasteiger partial charge < -0.3 is 9.47 Å². The van der Waals surface area contributed by atoms with E-state index < -0.39 is 0 Å². The van der Waals surface area contributed by atoms with Crippen molar-refractivity contribution in [3.63, 3.8) is 0 Å². The van der Waals surface area contributed by atoms with Gasteiger partial charge in [-0.05, 0) is 102 Å². The van der Waals surface area contributed by atoms with Gasteiger partial charge in [-0.3, -0.25) is 0 Å². The Bertz CT molecular complexity index is 2870. The van der Waals surface area contributed by atoms with Crippen molar-refractivity contribution >= 4 is 60.3 Å². The van der Waals surface area contributed by atoms with Crippen molar-refractivity contribution in [1.82, 2.24) is 4.57 Å². The Hall–Kier alpha value is -6.34. The molecule has 2 aromatic heterocycles. The van der Waals surface area contributed by atoms with Crippen LogP contribution in [0.25, 0.3) is 65.5 Å². The summed E-state index contributed by atoms with van der Waals surface area (Å²) in [6.07, 6.45) is 5.46. The molecule has 2 aliphatic rings. The third-order valence-electron chi connectivity index (χ3n) is 10.9. The molecule has 0 fully saturated rings. The van der Waals surface area contributed by atoms with E-state index in [4.69, 9.17) is 0 Å². The van der Waals surface area contributed by atoms with E-state index in [-0.39, 0.29) is 0 Å². The van der Waals surface area contributed by atoms with Crippen LogP contribution >= 0.6 is 11.3 Å². The Kier molecular flexibility index (Phi) is 6.56. The molecule has 3 heteroatoms. The summed E-state index contributed by atoms with van der Waals surface area (Å²) >= 11 is 1.94. The third kappa shape index (κ3) is 4.45. The highest BCUT2D eigenvalue weighted by atomic mass is 32.1. The molecule has 2 nitrogen and oxygen atoms in total. The predicted octanol–water partition coefficient (Wildman–Crippen LogP) is 13.0. The van der Waals surface area contributed by atoms with Crippen molar-refractivity contribution in [3.05, 3.63) is 191 Å². The highest BCUT2D eigenvalue weighted by Gasteiger charge is 2.30. The van der Waals surface area contributed by atoms with Gasteiger partial charge in [-0.2, -0.15) is 0 Å². The summed E-state index contributed by atoms with van der Waals surface area (Å²) in [6.45, 7) is 0. The fourth-order valence-corrected chi connectivity index (χ4v) is 9.83. The molecule has 0 saturated heterocycles. The van der Waals surface area contributed by atoms with Crippen LogP contribution in [0.3, 0.4) is 0 Å². The zero-order valence-electron chi connectivity index (χ0n) is 28.4. The lowest BCUT2D eigenvalue weighted by molar-refractivity contribution is 0.997. The first kappa shape index (κ1) is 29.4. The number of fused-ring (bicyclic) bond motifs is 9. The van der Waals surface area contributed by atoms with E-state index in [0.29, 0.717) is 0 Å². The molecule has 0 bridgehead atoms. The van der Waals surface area contributed by atoms with Crippen LogP contribution < -0.4 is 4.90 Å². The van der Waals surface area contributed by atoms with Gasteiger partial charge in [-0.25, -0.2) is 0 Å². The Morgan fingerprint density at radius 3 is 2.29 bits per heavy atom. The molecule has 0 N–H and O–H groups in total. The topological polar surface area (TPSA) is 8.17 Å². The second-order valence-electron chi connectivity index (χ2n) is 13.8. The quantitative estimate of drug-likeness (QED) is 0.176. The SMILES string of the molecule is c1c(N(C2=CCCc3sc4ccccc4c32)c2cccc3c2-c2ccccc2C3)cc2c3cc(-c4ccccc4)ccc3n(-c3ccccc3)c2c#1. The molecule has 11 rings (SSSR count). The summed E-state index contributed by atoms with van der Waals surface area (Å²) in [5, 5.41) is 3.69. The van der Waals surface area contributed by atoms with Gasteiger partial charge >= 0.3 is 0 Å². The average Bonchev–Trinajstić information content (AvgIpc) is 3.88. The van der Waals surface area contributed by atoms with Crippen molar-refractivity contribution in [2.24, 2.45) is 0 Å². The molecule has 0 unspecified atom stereocenters. The van der Waals surface area contributed by atoms with Crippen molar-refractivity contribution in [3.8, 4) is 27.9 Å². The van der Waals surface area contributed by atoms with Gasteiger partial charge in [0.15, 0.2) is 0 Å². The van der Waals surface area contributed by atoms with Crippen LogP contribution in [0.1, 0.15) is 28.0 Å². The molecule has 52 heavy (non-hydrogen) atoms. The fraction of sp³-hybridized carbons (Fsp3) is 0.0612. The minimum Gasteiger partial charge on any atom is -0.302 e. The van der Waals surface area contributed by atoms with Gasteiger partial charge in [0.25, 0.3) is 0 Å². The van der Waals surface area contributed by atoms with Crippen molar-refractivity contribution in [2.75, 3.05) is 4.90 Å². The van der Waals surface area contributed by atoms with Crippen LogP contribution in [0.5, 0.6) is 0 Å². The van der Waals surface area contributed by atoms with Crippen LogP contribution in [-0.4, -0.2) is 4.57 Å². The number of thiophene rings is 1. The van der Waals surface area contributed by atoms with Gasteiger partial charge in [-0.15, -0.1) is 11.3 Å². The number of aryl methyl sites for hydroxylation is 1. The molecule has 2 aliphatic carbocycles. The number of nitrogens with zero attached hydrogens (tertiary/aromatic N) is 2. The summed E-state index contributed by atoms with van der Waals surface area (Å²) < 4.78 is 3.68. The molecule has 0 atom stereocenters. The van der Waals surface area contributed by atoms with E-state index in [9.17, 15) is 0 Å². The minimum absolute atomic E-state index is 0.945. The van der Waals surface area contributed by atoms with Crippen LogP contribution in [0, 0.1) is 12.1 Å². The highest BCUT2D eigenvalue weighted by molar-refractivity contribution is 7.19.